The van der Waals surface area contributed by atoms with Gasteiger partial charge in [0.25, 0.3) is 0 Å². The minimum absolute atomic E-state index is 0.0964. The number of nitriles is 1. The molecule has 3 saturated carbocycles. The lowest BCUT2D eigenvalue weighted by Crippen LogP contribution is -2.63. The molecule has 7 heteroatoms. The Bertz CT molecular complexity index is 1030. The van der Waals surface area contributed by atoms with Crippen molar-refractivity contribution in [2.45, 2.75) is 83.4 Å². The second-order valence-corrected chi connectivity index (χ2v) is 11.6. The predicted octanol–water partition coefficient (Wildman–Crippen LogP) is 5.39. The molecule has 5 aliphatic rings. The normalized spacial score (nSPS) is 30.2. The van der Waals surface area contributed by atoms with Crippen LogP contribution in [0.3, 0.4) is 0 Å². The van der Waals surface area contributed by atoms with E-state index in [4.69, 9.17) is 21.7 Å². The molecule has 6 nitrogen and oxygen atoms in total. The van der Waals surface area contributed by atoms with Gasteiger partial charge in [-0.3, -0.25) is 4.79 Å². The summed E-state index contributed by atoms with van der Waals surface area (Å²) in [5, 5.41) is 22.5. The summed E-state index contributed by atoms with van der Waals surface area (Å²) in [6, 6.07) is 6.68. The van der Waals surface area contributed by atoms with Crippen LogP contribution >= 0.6 is 11.6 Å². The van der Waals surface area contributed by atoms with E-state index in [0.29, 0.717) is 28.0 Å². The molecule has 2 heterocycles. The fourth-order valence-corrected chi connectivity index (χ4v) is 6.84. The number of ether oxygens (including phenoxy) is 1. The average molecular weight is 469 g/mol. The number of carbonyl (C=O) groups excluding carboxylic acids is 1. The van der Waals surface area contributed by atoms with Gasteiger partial charge in [0.15, 0.2) is 0 Å². The number of piperidine rings is 2. The number of hydrogen-bond acceptors (Lipinski definition) is 5. The first-order chi connectivity index (χ1) is 15.7. The highest BCUT2D eigenvalue weighted by Crippen LogP contribution is 2.56. The lowest BCUT2D eigenvalue weighted by atomic mass is 9.56. The van der Waals surface area contributed by atoms with E-state index >= 15 is 0 Å². The zero-order valence-corrected chi connectivity index (χ0v) is 20.5. The maximum Gasteiger partial charge on any atom is 0.224 e. The zero-order valence-electron chi connectivity index (χ0n) is 19.7. The molecule has 176 valence electrons. The molecule has 4 bridgehead atoms. The molecule has 2 N–H and O–H groups in total. The van der Waals surface area contributed by atoms with Gasteiger partial charge in [0.2, 0.25) is 5.91 Å². The Morgan fingerprint density at radius 1 is 1.30 bits per heavy atom. The number of amides is 1. The third kappa shape index (κ3) is 3.89. The van der Waals surface area contributed by atoms with Crippen molar-refractivity contribution in [3.63, 3.8) is 0 Å². The molecule has 33 heavy (non-hydrogen) atoms. The largest absolute Gasteiger partial charge is 0.489 e. The molecule has 0 aromatic heterocycles. The minimum Gasteiger partial charge on any atom is -0.489 e. The summed E-state index contributed by atoms with van der Waals surface area (Å²) >= 11 is 6.75. The molecule has 6 rings (SSSR count). The van der Waals surface area contributed by atoms with Crippen LogP contribution in [0.1, 0.15) is 70.8 Å². The Morgan fingerprint density at radius 3 is 2.55 bits per heavy atom. The Balaban J connectivity index is 1.37. The molecule has 1 aromatic carbocycles. The highest BCUT2D eigenvalue weighted by molar-refractivity contribution is 6.36. The molecule has 2 aliphatic heterocycles. The molecular formula is C26H33ClN4O2. The third-order valence-electron chi connectivity index (χ3n) is 8.17. The van der Waals surface area contributed by atoms with E-state index in [1.54, 1.807) is 0 Å². The first kappa shape index (κ1) is 22.5. The number of nitrogens with zero attached hydrogens (tertiary/aromatic N) is 2. The van der Waals surface area contributed by atoms with Crippen molar-refractivity contribution < 1.29 is 9.53 Å². The van der Waals surface area contributed by atoms with E-state index in [0.717, 1.165) is 50.6 Å². The number of hydrogen-bond donors (Lipinski definition) is 2. The molecule has 2 atom stereocenters. The van der Waals surface area contributed by atoms with Crippen molar-refractivity contribution in [3.05, 3.63) is 22.7 Å². The fourth-order valence-electron chi connectivity index (χ4n) is 6.53. The van der Waals surface area contributed by atoms with Gasteiger partial charge >= 0.3 is 0 Å². The van der Waals surface area contributed by atoms with Crippen LogP contribution in [0, 0.1) is 33.5 Å². The van der Waals surface area contributed by atoms with Crippen LogP contribution in [0.15, 0.2) is 12.1 Å². The molecule has 3 aliphatic carbocycles. The van der Waals surface area contributed by atoms with Crippen molar-refractivity contribution >= 4 is 28.9 Å². The van der Waals surface area contributed by atoms with Crippen molar-refractivity contribution in [3.8, 4) is 11.8 Å². The van der Waals surface area contributed by atoms with Crippen LogP contribution in [0.25, 0.3) is 0 Å². The Hall–Kier alpha value is -2.26. The maximum absolute atomic E-state index is 13.6. The summed E-state index contributed by atoms with van der Waals surface area (Å²) in [5.74, 6) is 1.27. The lowest BCUT2D eigenvalue weighted by Gasteiger charge is -2.59. The summed E-state index contributed by atoms with van der Waals surface area (Å²) in [5.41, 5.74) is 0.780. The molecule has 0 radical (unpaired) electrons. The summed E-state index contributed by atoms with van der Waals surface area (Å²) in [6.45, 7) is 3.90. The summed E-state index contributed by atoms with van der Waals surface area (Å²) in [6.07, 6.45) is 7.15. The quantitative estimate of drug-likeness (QED) is 0.525. The molecule has 2 saturated heterocycles. The standard InChI is InChI=1S/C26H33ClN4O2/c1-25(2,24(29)22-19(30-3)6-7-20(23(22)27)33-18-4-5-18)13-21(32)31-16-8-15-9-17(31)12-26(10-15,11-16)14-28/h6-7,15-18,29-30H,4-5,8-13H2,1-3H3. The number of benzene rings is 1. The van der Waals surface area contributed by atoms with Crippen molar-refractivity contribution in [1.82, 2.24) is 4.90 Å². The summed E-state index contributed by atoms with van der Waals surface area (Å²) in [7, 11) is 1.81. The highest BCUT2D eigenvalue weighted by atomic mass is 35.5. The van der Waals surface area contributed by atoms with Crippen LogP contribution in [-0.2, 0) is 4.79 Å². The molecule has 1 amide bonds. The average Bonchev–Trinajstić information content (AvgIpc) is 3.57. The molecular weight excluding hydrogens is 436 g/mol. The van der Waals surface area contributed by atoms with Crippen LogP contribution in [0.4, 0.5) is 5.69 Å². The topological polar surface area (TPSA) is 89.2 Å². The van der Waals surface area contributed by atoms with Crippen molar-refractivity contribution in [1.29, 1.82) is 10.7 Å². The first-order valence-corrected chi connectivity index (χ1v) is 12.5. The predicted molar refractivity (Wildman–Crippen MR) is 129 cm³/mol. The van der Waals surface area contributed by atoms with Gasteiger partial charge in [-0.05, 0) is 63.0 Å². The number of rotatable bonds is 7. The molecule has 1 aromatic rings. The van der Waals surface area contributed by atoms with Gasteiger partial charge in [-0.15, -0.1) is 0 Å². The van der Waals surface area contributed by atoms with Gasteiger partial charge in [0, 0.05) is 47.9 Å². The monoisotopic (exact) mass is 468 g/mol. The van der Waals surface area contributed by atoms with Gasteiger partial charge in [-0.2, -0.15) is 5.26 Å². The number of nitrogens with one attached hydrogen (secondary N) is 2. The van der Waals surface area contributed by atoms with Gasteiger partial charge in [0.1, 0.15) is 5.75 Å². The fraction of sp³-hybridized carbons (Fsp3) is 0.654. The first-order valence-electron chi connectivity index (χ1n) is 12.1. The molecule has 5 fully saturated rings. The Labute approximate surface area is 201 Å². The van der Waals surface area contributed by atoms with E-state index < -0.39 is 5.41 Å². The third-order valence-corrected chi connectivity index (χ3v) is 8.54. The van der Waals surface area contributed by atoms with Crippen LogP contribution in [0.2, 0.25) is 5.02 Å². The van der Waals surface area contributed by atoms with E-state index in [1.807, 2.05) is 33.0 Å². The van der Waals surface area contributed by atoms with Crippen molar-refractivity contribution in [2.24, 2.45) is 16.7 Å². The Kier molecular flexibility index (Phi) is 5.40. The highest BCUT2D eigenvalue weighted by Gasteiger charge is 2.56. The van der Waals surface area contributed by atoms with Gasteiger partial charge in [-0.1, -0.05) is 25.4 Å². The van der Waals surface area contributed by atoms with E-state index in [9.17, 15) is 10.1 Å². The minimum atomic E-state index is -0.702. The SMILES string of the molecule is CNc1ccc(OC2CC2)c(Cl)c1C(=N)C(C)(C)CC(=O)N1C2CC3CC1CC(C#N)(C3)C2. The second-order valence-electron chi connectivity index (χ2n) is 11.3. The Morgan fingerprint density at radius 2 is 1.97 bits per heavy atom. The lowest BCUT2D eigenvalue weighted by molar-refractivity contribution is -0.154. The van der Waals surface area contributed by atoms with Crippen LogP contribution < -0.4 is 10.1 Å². The van der Waals surface area contributed by atoms with E-state index in [1.165, 1.54) is 0 Å². The molecule has 2 unspecified atom stereocenters. The molecule has 0 spiro atoms. The van der Waals surface area contributed by atoms with Gasteiger partial charge in [-0.25, -0.2) is 0 Å². The van der Waals surface area contributed by atoms with Gasteiger partial charge in [0.05, 0.1) is 22.6 Å². The zero-order chi connectivity index (χ0) is 23.5. The number of carbonyl (C=O) groups is 1. The number of anilines is 1. The summed E-state index contributed by atoms with van der Waals surface area (Å²) < 4.78 is 5.96. The maximum atomic E-state index is 13.6. The summed E-state index contributed by atoms with van der Waals surface area (Å²) in [4.78, 5) is 15.7. The van der Waals surface area contributed by atoms with Crippen molar-refractivity contribution in [2.75, 3.05) is 12.4 Å². The van der Waals surface area contributed by atoms with Gasteiger partial charge < -0.3 is 20.4 Å². The van der Waals surface area contributed by atoms with E-state index in [2.05, 4.69) is 16.3 Å². The van der Waals surface area contributed by atoms with E-state index in [-0.39, 0.29) is 35.9 Å². The van der Waals surface area contributed by atoms with Crippen LogP contribution in [0.5, 0.6) is 5.75 Å². The van der Waals surface area contributed by atoms with Crippen LogP contribution in [-0.4, -0.2) is 41.8 Å². The second kappa shape index (κ2) is 7.91. The number of halogens is 1. The smallest absolute Gasteiger partial charge is 0.224 e.